The number of hydrogen-bond acceptors (Lipinski definition) is 2. The van der Waals surface area contributed by atoms with Gasteiger partial charge in [0.1, 0.15) is 0 Å². The van der Waals surface area contributed by atoms with Crippen LogP contribution in [0.25, 0.3) is 0 Å². The van der Waals surface area contributed by atoms with Crippen molar-refractivity contribution in [2.24, 2.45) is 0 Å². The van der Waals surface area contributed by atoms with Crippen LogP contribution in [0.3, 0.4) is 0 Å². The number of nitrogens with zero attached hydrogens (tertiary/aromatic N) is 1. The van der Waals surface area contributed by atoms with Crippen molar-refractivity contribution in [3.63, 3.8) is 0 Å². The summed E-state index contributed by atoms with van der Waals surface area (Å²) in [4.78, 5) is 24.4. The molecule has 0 bridgehead atoms. The third-order valence-electron chi connectivity index (χ3n) is 2.77. The fourth-order valence-electron chi connectivity index (χ4n) is 1.62. The maximum absolute atomic E-state index is 11.9. The van der Waals surface area contributed by atoms with Crippen molar-refractivity contribution in [3.8, 4) is 0 Å². The molecule has 1 saturated carbocycles. The van der Waals surface area contributed by atoms with E-state index in [1.807, 2.05) is 0 Å². The van der Waals surface area contributed by atoms with Gasteiger partial charge in [-0.1, -0.05) is 6.07 Å². The minimum absolute atomic E-state index is 0.106. The summed E-state index contributed by atoms with van der Waals surface area (Å²) in [7, 11) is 1.76. The Kier molecular flexibility index (Phi) is 2.64. The average Bonchev–Trinajstić information content (AvgIpc) is 3.11. The number of benzene rings is 1. The zero-order valence-corrected chi connectivity index (χ0v) is 9.01. The molecule has 0 atom stereocenters. The topological polar surface area (TPSA) is 57.6 Å². The highest BCUT2D eigenvalue weighted by molar-refractivity contribution is 5.97. The zero-order valence-electron chi connectivity index (χ0n) is 9.01. The molecule has 0 heterocycles. The summed E-state index contributed by atoms with van der Waals surface area (Å²) in [6.45, 7) is 0. The van der Waals surface area contributed by atoms with Crippen LogP contribution in [-0.2, 0) is 0 Å². The predicted molar refractivity (Wildman–Crippen MR) is 58.5 cm³/mol. The van der Waals surface area contributed by atoms with E-state index in [4.69, 9.17) is 5.11 Å². The third-order valence-corrected chi connectivity index (χ3v) is 2.77. The summed E-state index contributed by atoms with van der Waals surface area (Å²) in [6.07, 6.45) is 2.09. The molecule has 16 heavy (non-hydrogen) atoms. The molecule has 0 spiro atoms. The Bertz CT molecular complexity index is 438. The second-order valence-corrected chi connectivity index (χ2v) is 4.03. The molecule has 0 saturated heterocycles. The van der Waals surface area contributed by atoms with E-state index in [-0.39, 0.29) is 11.5 Å². The summed E-state index contributed by atoms with van der Waals surface area (Å²) >= 11 is 0. The monoisotopic (exact) mass is 219 g/mol. The van der Waals surface area contributed by atoms with E-state index in [0.29, 0.717) is 11.6 Å². The van der Waals surface area contributed by atoms with Gasteiger partial charge in [0, 0.05) is 18.7 Å². The van der Waals surface area contributed by atoms with Gasteiger partial charge in [-0.3, -0.25) is 4.79 Å². The smallest absolute Gasteiger partial charge is 0.335 e. The first-order valence-electron chi connectivity index (χ1n) is 5.20. The number of hydrogen-bond donors (Lipinski definition) is 1. The number of rotatable bonds is 3. The lowest BCUT2D eigenvalue weighted by atomic mass is 10.1. The van der Waals surface area contributed by atoms with Gasteiger partial charge in [0.2, 0.25) is 0 Å². The molecule has 84 valence electrons. The lowest BCUT2D eigenvalue weighted by Gasteiger charge is -2.16. The van der Waals surface area contributed by atoms with Crippen LogP contribution in [0.1, 0.15) is 33.6 Å². The molecule has 1 amide bonds. The largest absolute Gasteiger partial charge is 0.478 e. The quantitative estimate of drug-likeness (QED) is 0.840. The van der Waals surface area contributed by atoms with Gasteiger partial charge in [0.05, 0.1) is 5.56 Å². The molecule has 1 N–H and O–H groups in total. The molecular formula is C12H13NO3. The van der Waals surface area contributed by atoms with Gasteiger partial charge >= 0.3 is 5.97 Å². The van der Waals surface area contributed by atoms with Crippen LogP contribution in [0.5, 0.6) is 0 Å². The van der Waals surface area contributed by atoms with Crippen LogP contribution >= 0.6 is 0 Å². The van der Waals surface area contributed by atoms with Crippen molar-refractivity contribution in [1.82, 2.24) is 4.90 Å². The normalized spacial score (nSPS) is 14.6. The summed E-state index contributed by atoms with van der Waals surface area (Å²) in [5.41, 5.74) is 0.587. The molecule has 1 aliphatic rings. The van der Waals surface area contributed by atoms with Crippen LogP contribution in [0.15, 0.2) is 24.3 Å². The maximum atomic E-state index is 11.9. The van der Waals surface area contributed by atoms with Crippen LogP contribution in [0.4, 0.5) is 0 Å². The molecule has 1 aliphatic carbocycles. The van der Waals surface area contributed by atoms with Gasteiger partial charge in [0.15, 0.2) is 0 Å². The predicted octanol–water partition coefficient (Wildman–Crippen LogP) is 1.62. The van der Waals surface area contributed by atoms with Crippen LogP contribution < -0.4 is 0 Å². The molecule has 0 aliphatic heterocycles. The highest BCUT2D eigenvalue weighted by atomic mass is 16.4. The first kappa shape index (κ1) is 10.7. The molecule has 1 aromatic carbocycles. The Morgan fingerprint density at radius 2 is 1.94 bits per heavy atom. The summed E-state index contributed by atoms with van der Waals surface area (Å²) < 4.78 is 0. The Balaban J connectivity index is 2.22. The first-order valence-corrected chi connectivity index (χ1v) is 5.20. The second kappa shape index (κ2) is 3.96. The van der Waals surface area contributed by atoms with Gasteiger partial charge in [0.25, 0.3) is 5.91 Å². The van der Waals surface area contributed by atoms with Gasteiger partial charge in [-0.25, -0.2) is 4.79 Å². The summed E-state index contributed by atoms with van der Waals surface area (Å²) in [5, 5.41) is 8.83. The van der Waals surface area contributed by atoms with E-state index in [1.54, 1.807) is 24.1 Å². The summed E-state index contributed by atoms with van der Waals surface area (Å²) in [6, 6.07) is 6.48. The van der Waals surface area contributed by atoms with Gasteiger partial charge in [-0.05, 0) is 31.0 Å². The van der Waals surface area contributed by atoms with Crippen LogP contribution in [0.2, 0.25) is 0 Å². The lowest BCUT2D eigenvalue weighted by Crippen LogP contribution is -2.28. The van der Waals surface area contributed by atoms with Crippen molar-refractivity contribution < 1.29 is 14.7 Å². The van der Waals surface area contributed by atoms with Gasteiger partial charge < -0.3 is 10.0 Å². The first-order chi connectivity index (χ1) is 7.59. The van der Waals surface area contributed by atoms with Crippen molar-refractivity contribution in [2.75, 3.05) is 7.05 Å². The lowest BCUT2D eigenvalue weighted by molar-refractivity contribution is 0.0697. The van der Waals surface area contributed by atoms with E-state index in [9.17, 15) is 9.59 Å². The minimum Gasteiger partial charge on any atom is -0.478 e. The number of carboxylic acid groups (broad SMARTS) is 1. The molecular weight excluding hydrogens is 206 g/mol. The van der Waals surface area contributed by atoms with E-state index < -0.39 is 5.97 Å². The van der Waals surface area contributed by atoms with Gasteiger partial charge in [-0.2, -0.15) is 0 Å². The minimum atomic E-state index is -1.01. The molecule has 0 unspecified atom stereocenters. The molecule has 1 aromatic rings. The number of aromatic carboxylic acids is 1. The zero-order chi connectivity index (χ0) is 11.7. The Hall–Kier alpha value is -1.84. The fourth-order valence-corrected chi connectivity index (χ4v) is 1.62. The van der Waals surface area contributed by atoms with E-state index in [1.165, 1.54) is 12.1 Å². The van der Waals surface area contributed by atoms with Gasteiger partial charge in [-0.15, -0.1) is 0 Å². The molecule has 2 rings (SSSR count). The number of carbonyl (C=O) groups excluding carboxylic acids is 1. The number of carbonyl (C=O) groups is 2. The van der Waals surface area contributed by atoms with Crippen molar-refractivity contribution >= 4 is 11.9 Å². The number of carboxylic acids is 1. The Labute approximate surface area is 93.5 Å². The average molecular weight is 219 g/mol. The fraction of sp³-hybridized carbons (Fsp3) is 0.333. The van der Waals surface area contributed by atoms with E-state index >= 15 is 0 Å². The molecule has 1 fully saturated rings. The molecule has 0 radical (unpaired) electrons. The van der Waals surface area contributed by atoms with Crippen molar-refractivity contribution in [2.45, 2.75) is 18.9 Å². The van der Waals surface area contributed by atoms with Crippen molar-refractivity contribution in [1.29, 1.82) is 0 Å². The van der Waals surface area contributed by atoms with E-state index in [0.717, 1.165) is 12.8 Å². The Morgan fingerprint density at radius 3 is 2.50 bits per heavy atom. The molecule has 0 aromatic heterocycles. The van der Waals surface area contributed by atoms with Crippen molar-refractivity contribution in [3.05, 3.63) is 35.4 Å². The highest BCUT2D eigenvalue weighted by Gasteiger charge is 2.30. The number of amides is 1. The van der Waals surface area contributed by atoms with E-state index in [2.05, 4.69) is 0 Å². The van der Waals surface area contributed by atoms with Crippen LogP contribution in [0, 0.1) is 0 Å². The Morgan fingerprint density at radius 1 is 1.31 bits per heavy atom. The summed E-state index contributed by atoms with van der Waals surface area (Å²) in [5.74, 6) is -1.12. The maximum Gasteiger partial charge on any atom is 0.335 e. The third kappa shape index (κ3) is 2.05. The standard InChI is InChI=1S/C12H13NO3/c1-13(10-5-6-10)11(14)8-3-2-4-9(7-8)12(15)16/h2-4,7,10H,5-6H2,1H3,(H,15,16). The second-order valence-electron chi connectivity index (χ2n) is 4.03. The molecule has 4 nitrogen and oxygen atoms in total. The SMILES string of the molecule is CN(C(=O)c1cccc(C(=O)O)c1)C1CC1. The highest BCUT2D eigenvalue weighted by Crippen LogP contribution is 2.26. The van der Waals surface area contributed by atoms with Crippen LogP contribution in [-0.4, -0.2) is 35.0 Å². The molecule has 4 heteroatoms.